The zero-order valence-electron chi connectivity index (χ0n) is 9.85. The van der Waals surface area contributed by atoms with Crippen molar-refractivity contribution < 1.29 is 18.7 Å². The molecule has 6 heteroatoms. The van der Waals surface area contributed by atoms with Crippen molar-refractivity contribution >= 4 is 17.6 Å². The average molecular weight is 252 g/mol. The Balaban J connectivity index is 2.08. The highest BCUT2D eigenvalue weighted by Gasteiger charge is 2.32. The number of halogens is 1. The first-order valence-corrected chi connectivity index (χ1v) is 5.50. The number of amides is 1. The van der Waals surface area contributed by atoms with E-state index >= 15 is 0 Å². The van der Waals surface area contributed by atoms with Crippen molar-refractivity contribution in [1.82, 2.24) is 4.90 Å². The highest BCUT2D eigenvalue weighted by molar-refractivity contribution is 5.93. The summed E-state index contributed by atoms with van der Waals surface area (Å²) in [5.74, 6) is -1.49. The van der Waals surface area contributed by atoms with E-state index in [0.717, 1.165) is 6.07 Å². The number of likely N-dealkylation sites (N-methyl/N-ethyl adjacent to an activating group) is 1. The fourth-order valence-corrected chi connectivity index (χ4v) is 1.77. The number of ether oxygens (including phenoxy) is 1. The van der Waals surface area contributed by atoms with E-state index in [1.54, 1.807) is 7.05 Å². The molecule has 0 bridgehead atoms. The third-order valence-electron chi connectivity index (χ3n) is 2.86. The van der Waals surface area contributed by atoms with Crippen molar-refractivity contribution in [3.05, 3.63) is 29.6 Å². The smallest absolute Gasteiger partial charge is 0.338 e. The van der Waals surface area contributed by atoms with Crippen LogP contribution in [0.5, 0.6) is 0 Å². The molecule has 1 unspecified atom stereocenters. The van der Waals surface area contributed by atoms with Crippen LogP contribution in [0.1, 0.15) is 16.8 Å². The summed E-state index contributed by atoms with van der Waals surface area (Å²) < 4.78 is 18.0. The Morgan fingerprint density at radius 3 is 2.83 bits per heavy atom. The van der Waals surface area contributed by atoms with Crippen molar-refractivity contribution in [3.8, 4) is 0 Å². The first-order chi connectivity index (χ1) is 8.49. The number of likely N-dealkylation sites (tertiary alicyclic amines) is 1. The van der Waals surface area contributed by atoms with Crippen molar-refractivity contribution in [3.63, 3.8) is 0 Å². The summed E-state index contributed by atoms with van der Waals surface area (Å²) in [5.41, 5.74) is 5.37. The molecule has 0 aromatic heterocycles. The fourth-order valence-electron chi connectivity index (χ4n) is 1.77. The van der Waals surface area contributed by atoms with Gasteiger partial charge in [-0.05, 0) is 18.2 Å². The molecule has 1 aromatic carbocycles. The highest BCUT2D eigenvalue weighted by atomic mass is 19.1. The molecule has 96 valence electrons. The van der Waals surface area contributed by atoms with Gasteiger partial charge in [0, 0.05) is 20.0 Å². The van der Waals surface area contributed by atoms with E-state index in [0.29, 0.717) is 13.0 Å². The molecule has 1 fully saturated rings. The Hall–Kier alpha value is -2.11. The van der Waals surface area contributed by atoms with Crippen LogP contribution < -0.4 is 5.73 Å². The second-order valence-corrected chi connectivity index (χ2v) is 4.18. The number of esters is 1. The van der Waals surface area contributed by atoms with Crippen LogP contribution in [0.2, 0.25) is 0 Å². The fraction of sp³-hybridized carbons (Fsp3) is 0.333. The van der Waals surface area contributed by atoms with Crippen LogP contribution in [-0.4, -0.2) is 36.5 Å². The number of benzene rings is 1. The van der Waals surface area contributed by atoms with Crippen LogP contribution >= 0.6 is 0 Å². The summed E-state index contributed by atoms with van der Waals surface area (Å²) in [6.45, 7) is 0.558. The lowest BCUT2D eigenvalue weighted by molar-refractivity contribution is -0.133. The minimum absolute atomic E-state index is 0.126. The molecule has 1 amide bonds. The lowest BCUT2D eigenvalue weighted by atomic mass is 10.2. The molecule has 18 heavy (non-hydrogen) atoms. The summed E-state index contributed by atoms with van der Waals surface area (Å²) in [6, 6.07) is 3.56. The van der Waals surface area contributed by atoms with Gasteiger partial charge in [-0.2, -0.15) is 0 Å². The van der Waals surface area contributed by atoms with Crippen molar-refractivity contribution in [2.75, 3.05) is 19.3 Å². The lowest BCUT2D eigenvalue weighted by Gasteiger charge is -2.11. The van der Waals surface area contributed by atoms with E-state index in [-0.39, 0.29) is 17.2 Å². The summed E-state index contributed by atoms with van der Waals surface area (Å²) in [6.07, 6.45) is -0.286. The largest absolute Gasteiger partial charge is 0.449 e. The molecule has 0 radical (unpaired) electrons. The van der Waals surface area contributed by atoms with Crippen LogP contribution in [0.25, 0.3) is 0 Å². The van der Waals surface area contributed by atoms with E-state index in [2.05, 4.69) is 0 Å². The van der Waals surface area contributed by atoms with E-state index in [1.807, 2.05) is 0 Å². The van der Waals surface area contributed by atoms with E-state index in [4.69, 9.17) is 10.5 Å². The maximum Gasteiger partial charge on any atom is 0.338 e. The van der Waals surface area contributed by atoms with Gasteiger partial charge in [-0.25, -0.2) is 9.18 Å². The Labute approximate surface area is 103 Å². The molecular formula is C12H13FN2O3. The molecule has 1 aliphatic rings. The molecule has 0 saturated carbocycles. The van der Waals surface area contributed by atoms with Gasteiger partial charge in [-0.3, -0.25) is 4.79 Å². The van der Waals surface area contributed by atoms with Gasteiger partial charge in [0.1, 0.15) is 5.82 Å². The minimum Gasteiger partial charge on any atom is -0.449 e. The van der Waals surface area contributed by atoms with Crippen LogP contribution in [0.4, 0.5) is 10.1 Å². The number of nitrogens with two attached hydrogens (primary N) is 1. The quantitative estimate of drug-likeness (QED) is 0.624. The molecule has 0 aliphatic carbocycles. The minimum atomic E-state index is -0.756. The monoisotopic (exact) mass is 252 g/mol. The predicted molar refractivity (Wildman–Crippen MR) is 62.3 cm³/mol. The van der Waals surface area contributed by atoms with Gasteiger partial charge in [0.25, 0.3) is 5.91 Å². The Morgan fingerprint density at radius 2 is 2.28 bits per heavy atom. The van der Waals surface area contributed by atoms with Gasteiger partial charge in [0.2, 0.25) is 0 Å². The number of carbonyl (C=O) groups excluding carboxylic acids is 2. The molecule has 0 spiro atoms. The van der Waals surface area contributed by atoms with Gasteiger partial charge >= 0.3 is 5.97 Å². The SMILES string of the molecule is CN1CCC(OC(=O)c2ccc(F)c(N)c2)C1=O. The van der Waals surface area contributed by atoms with E-state index in [9.17, 15) is 14.0 Å². The summed E-state index contributed by atoms with van der Waals surface area (Å²) in [4.78, 5) is 24.8. The maximum absolute atomic E-state index is 12.9. The van der Waals surface area contributed by atoms with Crippen LogP contribution in [0, 0.1) is 5.82 Å². The number of rotatable bonds is 2. The molecule has 1 atom stereocenters. The van der Waals surface area contributed by atoms with Gasteiger partial charge in [-0.15, -0.1) is 0 Å². The number of hydrogen-bond acceptors (Lipinski definition) is 4. The zero-order valence-corrected chi connectivity index (χ0v) is 9.85. The second-order valence-electron chi connectivity index (χ2n) is 4.18. The molecule has 1 aliphatic heterocycles. The van der Waals surface area contributed by atoms with Crippen LogP contribution in [-0.2, 0) is 9.53 Å². The van der Waals surface area contributed by atoms with Crippen LogP contribution in [0.15, 0.2) is 18.2 Å². The van der Waals surface area contributed by atoms with Gasteiger partial charge < -0.3 is 15.4 Å². The number of anilines is 1. The lowest BCUT2D eigenvalue weighted by Crippen LogP contribution is -2.29. The zero-order chi connectivity index (χ0) is 13.3. The first-order valence-electron chi connectivity index (χ1n) is 5.50. The third kappa shape index (κ3) is 2.27. The van der Waals surface area contributed by atoms with Crippen molar-refractivity contribution in [2.45, 2.75) is 12.5 Å². The normalized spacial score (nSPS) is 19.1. The van der Waals surface area contributed by atoms with E-state index in [1.165, 1.54) is 17.0 Å². The third-order valence-corrected chi connectivity index (χ3v) is 2.86. The molecule has 1 saturated heterocycles. The number of carbonyl (C=O) groups is 2. The highest BCUT2D eigenvalue weighted by Crippen LogP contribution is 2.17. The molecule has 2 N–H and O–H groups in total. The number of nitrogen functional groups attached to an aromatic ring is 1. The Morgan fingerprint density at radius 1 is 1.56 bits per heavy atom. The topological polar surface area (TPSA) is 72.6 Å². The molecular weight excluding hydrogens is 239 g/mol. The number of hydrogen-bond donors (Lipinski definition) is 1. The van der Waals surface area contributed by atoms with Crippen LogP contribution in [0.3, 0.4) is 0 Å². The van der Waals surface area contributed by atoms with Gasteiger partial charge in [0.05, 0.1) is 11.3 Å². The maximum atomic E-state index is 12.9. The van der Waals surface area contributed by atoms with Gasteiger partial charge in [0.15, 0.2) is 6.10 Å². The van der Waals surface area contributed by atoms with Crippen molar-refractivity contribution in [2.24, 2.45) is 0 Å². The molecule has 1 heterocycles. The second kappa shape index (κ2) is 4.64. The van der Waals surface area contributed by atoms with Gasteiger partial charge in [-0.1, -0.05) is 0 Å². The molecule has 2 rings (SSSR count). The summed E-state index contributed by atoms with van der Waals surface area (Å²) in [5, 5.41) is 0. The summed E-state index contributed by atoms with van der Waals surface area (Å²) in [7, 11) is 1.64. The summed E-state index contributed by atoms with van der Waals surface area (Å²) >= 11 is 0. The first kappa shape index (κ1) is 12.3. The van der Waals surface area contributed by atoms with Crippen molar-refractivity contribution in [1.29, 1.82) is 0 Å². The Kier molecular flexibility index (Phi) is 3.18. The predicted octanol–water partition coefficient (Wildman–Crippen LogP) is 0.795. The van der Waals surface area contributed by atoms with E-state index < -0.39 is 17.9 Å². The standard InChI is InChI=1S/C12H13FN2O3/c1-15-5-4-10(11(15)16)18-12(17)7-2-3-8(13)9(14)6-7/h2-3,6,10H,4-5,14H2,1H3. The number of nitrogens with zero attached hydrogens (tertiary/aromatic N) is 1. The average Bonchev–Trinajstić information content (AvgIpc) is 2.64. The molecule has 1 aromatic rings. The Bertz CT molecular complexity index is 504. The molecule has 5 nitrogen and oxygen atoms in total.